The molecule has 98 valence electrons. The zero-order valence-electron chi connectivity index (χ0n) is 10.5. The molecule has 0 radical (unpaired) electrons. The van der Waals surface area contributed by atoms with E-state index in [9.17, 15) is 0 Å². The maximum atomic E-state index is 5.83. The van der Waals surface area contributed by atoms with Crippen molar-refractivity contribution in [1.29, 1.82) is 0 Å². The van der Waals surface area contributed by atoms with Crippen molar-refractivity contribution >= 4 is 28.5 Å². The molecule has 0 unspecified atom stereocenters. The molecule has 0 N–H and O–H groups in total. The maximum Gasteiger partial charge on any atom is 0.163 e. The topological polar surface area (TPSA) is 56.1 Å². The first-order chi connectivity index (χ1) is 8.77. The van der Waals surface area contributed by atoms with Crippen LogP contribution in [0.15, 0.2) is 12.5 Å². The third-order valence-corrected chi connectivity index (χ3v) is 2.90. The van der Waals surface area contributed by atoms with E-state index < -0.39 is 0 Å². The van der Waals surface area contributed by atoms with Crippen molar-refractivity contribution in [2.75, 3.05) is 37.6 Å². The molecule has 0 aliphatic rings. The summed E-state index contributed by atoms with van der Waals surface area (Å²) in [5, 5.41) is 5.13. The van der Waals surface area contributed by atoms with Crippen LogP contribution in [0.4, 0.5) is 5.82 Å². The van der Waals surface area contributed by atoms with E-state index in [1.807, 2.05) is 7.05 Å². The van der Waals surface area contributed by atoms with Gasteiger partial charge < -0.3 is 9.64 Å². The number of methoxy groups -OCH3 is 1. The average Bonchev–Trinajstić information content (AvgIpc) is 2.77. The minimum absolute atomic E-state index is 0.537. The fourth-order valence-electron chi connectivity index (χ4n) is 1.83. The van der Waals surface area contributed by atoms with E-state index in [1.165, 1.54) is 0 Å². The van der Waals surface area contributed by atoms with Crippen molar-refractivity contribution in [1.82, 2.24) is 19.7 Å². The summed E-state index contributed by atoms with van der Waals surface area (Å²) in [6.07, 6.45) is 3.33. The molecule has 2 heterocycles. The molecule has 18 heavy (non-hydrogen) atoms. The number of hydrogen-bond acceptors (Lipinski definition) is 5. The molecule has 0 aliphatic carbocycles. The van der Waals surface area contributed by atoms with Gasteiger partial charge >= 0.3 is 0 Å². The number of aromatic nitrogens is 4. The summed E-state index contributed by atoms with van der Waals surface area (Å²) >= 11 is 5.83. The van der Waals surface area contributed by atoms with Gasteiger partial charge in [-0.3, -0.25) is 4.68 Å². The van der Waals surface area contributed by atoms with Crippen LogP contribution in [0, 0.1) is 0 Å². The summed E-state index contributed by atoms with van der Waals surface area (Å²) in [7, 11) is 3.54. The van der Waals surface area contributed by atoms with Crippen LogP contribution >= 0.6 is 11.6 Å². The van der Waals surface area contributed by atoms with Crippen LogP contribution in [0.25, 0.3) is 11.0 Å². The van der Waals surface area contributed by atoms with Crippen LogP contribution in [-0.4, -0.2) is 52.4 Å². The van der Waals surface area contributed by atoms with Crippen LogP contribution in [0.3, 0.4) is 0 Å². The fraction of sp³-hybridized carbons (Fsp3) is 0.545. The summed E-state index contributed by atoms with van der Waals surface area (Å²) in [6, 6.07) is 0. The van der Waals surface area contributed by atoms with Gasteiger partial charge in [0.1, 0.15) is 12.1 Å². The normalized spacial score (nSPS) is 11.1. The first kappa shape index (κ1) is 13.0. The number of aryl methyl sites for hydroxylation is 1. The van der Waals surface area contributed by atoms with Crippen molar-refractivity contribution in [2.24, 2.45) is 7.05 Å². The Balaban J connectivity index is 2.36. The number of fused-ring (bicyclic) bond motifs is 1. The second-order valence-corrected chi connectivity index (χ2v) is 4.25. The number of rotatable bonds is 6. The molecule has 7 heteroatoms. The minimum Gasteiger partial charge on any atom is -0.383 e. The predicted molar refractivity (Wildman–Crippen MR) is 71.1 cm³/mol. The van der Waals surface area contributed by atoms with Crippen molar-refractivity contribution < 1.29 is 4.74 Å². The second-order valence-electron chi connectivity index (χ2n) is 3.87. The highest BCUT2D eigenvalue weighted by molar-refractivity contribution is 6.18. The molecule has 2 aromatic heterocycles. The lowest BCUT2D eigenvalue weighted by Gasteiger charge is -2.22. The Bertz CT molecular complexity index is 515. The van der Waals surface area contributed by atoms with Crippen molar-refractivity contribution in [2.45, 2.75) is 0 Å². The summed E-state index contributed by atoms with van der Waals surface area (Å²) in [4.78, 5) is 10.6. The molecular weight excluding hydrogens is 254 g/mol. The van der Waals surface area contributed by atoms with Crippen LogP contribution in [0.5, 0.6) is 0 Å². The monoisotopic (exact) mass is 269 g/mol. The van der Waals surface area contributed by atoms with Gasteiger partial charge in [0.25, 0.3) is 0 Å². The average molecular weight is 270 g/mol. The van der Waals surface area contributed by atoms with Crippen LogP contribution in [-0.2, 0) is 11.8 Å². The number of ether oxygens (including phenoxy) is 1. The van der Waals surface area contributed by atoms with E-state index in [1.54, 1.807) is 24.3 Å². The molecule has 0 saturated carbocycles. The Labute approximate surface area is 111 Å². The lowest BCUT2D eigenvalue weighted by molar-refractivity contribution is 0.205. The van der Waals surface area contributed by atoms with E-state index >= 15 is 0 Å². The molecule has 2 rings (SSSR count). The van der Waals surface area contributed by atoms with Gasteiger partial charge in [-0.05, 0) is 0 Å². The molecule has 0 bridgehead atoms. The number of alkyl halides is 1. The number of anilines is 1. The second kappa shape index (κ2) is 5.97. The Morgan fingerprint density at radius 1 is 1.39 bits per heavy atom. The van der Waals surface area contributed by atoms with Gasteiger partial charge in [-0.25, -0.2) is 9.97 Å². The number of nitrogens with zero attached hydrogens (tertiary/aromatic N) is 5. The van der Waals surface area contributed by atoms with E-state index in [0.29, 0.717) is 19.0 Å². The highest BCUT2D eigenvalue weighted by Gasteiger charge is 2.14. The summed E-state index contributed by atoms with van der Waals surface area (Å²) in [6.45, 7) is 2.08. The third kappa shape index (κ3) is 2.54. The summed E-state index contributed by atoms with van der Waals surface area (Å²) in [5.41, 5.74) is 0.817. The first-order valence-electron chi connectivity index (χ1n) is 5.70. The van der Waals surface area contributed by atoms with Crippen molar-refractivity contribution in [3.05, 3.63) is 12.5 Å². The van der Waals surface area contributed by atoms with Crippen LogP contribution in [0.2, 0.25) is 0 Å². The molecule has 0 aromatic carbocycles. The lowest BCUT2D eigenvalue weighted by Crippen LogP contribution is -2.30. The molecule has 0 amide bonds. The summed E-state index contributed by atoms with van der Waals surface area (Å²) < 4.78 is 6.84. The Morgan fingerprint density at radius 2 is 2.22 bits per heavy atom. The van der Waals surface area contributed by atoms with Gasteiger partial charge in [0.15, 0.2) is 5.65 Å². The molecule has 6 nitrogen and oxygen atoms in total. The molecule has 0 spiro atoms. The van der Waals surface area contributed by atoms with Gasteiger partial charge in [-0.15, -0.1) is 11.6 Å². The fourth-order valence-corrected chi connectivity index (χ4v) is 2.03. The molecule has 0 fully saturated rings. The first-order valence-corrected chi connectivity index (χ1v) is 6.24. The Hall–Kier alpha value is -1.40. The highest BCUT2D eigenvalue weighted by Crippen LogP contribution is 2.21. The van der Waals surface area contributed by atoms with E-state index in [0.717, 1.165) is 23.4 Å². The van der Waals surface area contributed by atoms with Gasteiger partial charge in [0.05, 0.1) is 18.2 Å². The van der Waals surface area contributed by atoms with Crippen LogP contribution in [0.1, 0.15) is 0 Å². The Morgan fingerprint density at radius 3 is 2.94 bits per heavy atom. The smallest absolute Gasteiger partial charge is 0.163 e. The predicted octanol–water partition coefficient (Wildman–Crippen LogP) is 1.05. The standard InChI is InChI=1S/C11H16ClN5O/c1-16-10-9(7-15-16)11(14-8-13-10)17(4-3-12)5-6-18-2/h7-8H,3-6H2,1-2H3. The van der Waals surface area contributed by atoms with Crippen LogP contribution < -0.4 is 4.90 Å². The molecule has 2 aromatic rings. The van der Waals surface area contributed by atoms with Gasteiger partial charge in [-0.2, -0.15) is 5.10 Å². The van der Waals surface area contributed by atoms with Crippen molar-refractivity contribution in [3.63, 3.8) is 0 Å². The number of halogens is 1. The van der Waals surface area contributed by atoms with Crippen molar-refractivity contribution in [3.8, 4) is 0 Å². The maximum absolute atomic E-state index is 5.83. The largest absolute Gasteiger partial charge is 0.383 e. The van der Waals surface area contributed by atoms with Gasteiger partial charge in [0, 0.05) is 33.1 Å². The molecule has 0 saturated heterocycles. The SMILES string of the molecule is COCCN(CCCl)c1ncnc2c1cnn2C. The summed E-state index contributed by atoms with van der Waals surface area (Å²) in [5.74, 6) is 1.39. The zero-order valence-corrected chi connectivity index (χ0v) is 11.3. The van der Waals surface area contributed by atoms with Gasteiger partial charge in [0.2, 0.25) is 0 Å². The lowest BCUT2D eigenvalue weighted by atomic mass is 10.3. The van der Waals surface area contributed by atoms with E-state index in [4.69, 9.17) is 16.3 Å². The zero-order chi connectivity index (χ0) is 13.0. The molecule has 0 atom stereocenters. The number of hydrogen-bond donors (Lipinski definition) is 0. The highest BCUT2D eigenvalue weighted by atomic mass is 35.5. The Kier molecular flexibility index (Phi) is 4.33. The third-order valence-electron chi connectivity index (χ3n) is 2.73. The van der Waals surface area contributed by atoms with Gasteiger partial charge in [-0.1, -0.05) is 0 Å². The minimum atomic E-state index is 0.537. The quantitative estimate of drug-likeness (QED) is 0.734. The molecule has 0 aliphatic heterocycles. The van der Waals surface area contributed by atoms with E-state index in [-0.39, 0.29) is 0 Å². The molecular formula is C11H16ClN5O. The van der Waals surface area contributed by atoms with E-state index in [2.05, 4.69) is 20.0 Å².